The third kappa shape index (κ3) is 3.51. The summed E-state index contributed by atoms with van der Waals surface area (Å²) in [4.78, 5) is 24.4. The van der Waals surface area contributed by atoms with E-state index >= 15 is 0 Å². The van der Waals surface area contributed by atoms with Crippen molar-refractivity contribution in [2.24, 2.45) is 5.73 Å². The van der Waals surface area contributed by atoms with Crippen LogP contribution in [0, 0.1) is 0 Å². The van der Waals surface area contributed by atoms with E-state index in [4.69, 9.17) is 10.5 Å². The van der Waals surface area contributed by atoms with E-state index in [1.807, 2.05) is 0 Å². The number of esters is 1. The number of rotatable bonds is 3. The molecule has 1 amide bonds. The van der Waals surface area contributed by atoms with Crippen molar-refractivity contribution in [2.45, 2.75) is 32.2 Å². The van der Waals surface area contributed by atoms with Crippen LogP contribution in [0.25, 0.3) is 0 Å². The summed E-state index contributed by atoms with van der Waals surface area (Å²) in [5.74, 6) is -0.500. The average Bonchev–Trinajstić information content (AvgIpc) is 2.34. The van der Waals surface area contributed by atoms with Crippen molar-refractivity contribution in [3.05, 3.63) is 0 Å². The fourth-order valence-electron chi connectivity index (χ4n) is 1.65. The summed E-state index contributed by atoms with van der Waals surface area (Å²) in [7, 11) is 0. The minimum Gasteiger partial charge on any atom is -0.465 e. The Morgan fingerprint density at radius 3 is 3.00 bits per heavy atom. The van der Waals surface area contributed by atoms with Gasteiger partial charge in [-0.3, -0.25) is 9.59 Å². The van der Waals surface area contributed by atoms with Crippen LogP contribution in [-0.2, 0) is 14.3 Å². The molecule has 0 saturated carbocycles. The van der Waals surface area contributed by atoms with Crippen molar-refractivity contribution < 1.29 is 14.3 Å². The maximum Gasteiger partial charge on any atom is 0.325 e. The number of hydrogen-bond acceptors (Lipinski definition) is 4. The number of amides is 1. The lowest BCUT2D eigenvalue weighted by Gasteiger charge is -2.21. The number of carbonyl (C=O) groups is 2. The summed E-state index contributed by atoms with van der Waals surface area (Å²) in [5, 5.41) is 0. The zero-order valence-electron chi connectivity index (χ0n) is 9.07. The van der Waals surface area contributed by atoms with Gasteiger partial charge in [0.25, 0.3) is 0 Å². The van der Waals surface area contributed by atoms with Crippen LogP contribution in [0.4, 0.5) is 0 Å². The Balaban J connectivity index is 2.51. The Kier molecular flexibility index (Phi) is 4.55. The molecule has 15 heavy (non-hydrogen) atoms. The van der Waals surface area contributed by atoms with Crippen molar-refractivity contribution in [3.8, 4) is 0 Å². The third-order valence-electron chi connectivity index (χ3n) is 2.45. The first-order chi connectivity index (χ1) is 7.15. The van der Waals surface area contributed by atoms with Gasteiger partial charge in [0.1, 0.15) is 6.54 Å². The van der Waals surface area contributed by atoms with Gasteiger partial charge in [0.15, 0.2) is 0 Å². The number of nitrogens with two attached hydrogens (primary N) is 1. The molecular formula is C10H18N2O3. The largest absolute Gasteiger partial charge is 0.465 e. The van der Waals surface area contributed by atoms with Gasteiger partial charge in [0.05, 0.1) is 12.6 Å². The van der Waals surface area contributed by atoms with Crippen LogP contribution in [0.1, 0.15) is 26.2 Å². The molecule has 0 aromatic carbocycles. The Morgan fingerprint density at radius 2 is 2.33 bits per heavy atom. The molecule has 5 nitrogen and oxygen atoms in total. The predicted octanol–water partition coefficient (Wildman–Crippen LogP) is -0.111. The van der Waals surface area contributed by atoms with Crippen molar-refractivity contribution in [1.29, 1.82) is 0 Å². The Labute approximate surface area is 89.6 Å². The molecule has 1 saturated heterocycles. The molecule has 0 radical (unpaired) electrons. The second-order valence-corrected chi connectivity index (χ2v) is 3.67. The molecule has 2 N–H and O–H groups in total. The molecule has 1 aliphatic heterocycles. The lowest BCUT2D eigenvalue weighted by Crippen LogP contribution is -2.44. The molecule has 0 aliphatic carbocycles. The van der Waals surface area contributed by atoms with Crippen LogP contribution >= 0.6 is 0 Å². The van der Waals surface area contributed by atoms with Gasteiger partial charge < -0.3 is 15.4 Å². The third-order valence-corrected chi connectivity index (χ3v) is 2.45. The van der Waals surface area contributed by atoms with Gasteiger partial charge in [-0.25, -0.2) is 0 Å². The second kappa shape index (κ2) is 5.70. The van der Waals surface area contributed by atoms with Crippen molar-refractivity contribution in [3.63, 3.8) is 0 Å². The number of likely N-dealkylation sites (tertiary alicyclic amines) is 1. The number of carbonyl (C=O) groups excluding carboxylic acids is 2. The first-order valence-corrected chi connectivity index (χ1v) is 5.35. The molecule has 1 aliphatic rings. The maximum atomic E-state index is 11.7. The molecule has 1 fully saturated rings. The first kappa shape index (κ1) is 12.0. The van der Waals surface area contributed by atoms with Crippen molar-refractivity contribution in [1.82, 2.24) is 4.90 Å². The number of nitrogens with zero attached hydrogens (tertiary/aromatic N) is 1. The van der Waals surface area contributed by atoms with Gasteiger partial charge in [-0.2, -0.15) is 0 Å². The lowest BCUT2D eigenvalue weighted by molar-refractivity contribution is -0.149. The summed E-state index contributed by atoms with van der Waals surface area (Å²) in [5.41, 5.74) is 5.68. The molecule has 86 valence electrons. The van der Waals surface area contributed by atoms with Crippen LogP contribution in [-0.4, -0.2) is 42.5 Å². The Hall–Kier alpha value is -1.10. The second-order valence-electron chi connectivity index (χ2n) is 3.67. The average molecular weight is 214 g/mol. The normalized spacial score (nSPS) is 22.4. The molecule has 0 unspecified atom stereocenters. The first-order valence-electron chi connectivity index (χ1n) is 5.35. The lowest BCUT2D eigenvalue weighted by atomic mass is 10.1. The molecule has 0 aromatic heterocycles. The van der Waals surface area contributed by atoms with Crippen LogP contribution in [0.5, 0.6) is 0 Å². The van der Waals surface area contributed by atoms with Crippen LogP contribution in [0.15, 0.2) is 0 Å². The Bertz CT molecular complexity index is 243. The van der Waals surface area contributed by atoms with E-state index in [2.05, 4.69) is 0 Å². The molecule has 0 spiro atoms. The molecule has 5 heteroatoms. The van der Waals surface area contributed by atoms with Gasteiger partial charge in [0.2, 0.25) is 5.91 Å². The molecule has 0 bridgehead atoms. The minimum absolute atomic E-state index is 0.0281. The summed E-state index contributed by atoms with van der Waals surface area (Å²) < 4.78 is 4.80. The van der Waals surface area contributed by atoms with E-state index in [0.717, 1.165) is 12.8 Å². The number of hydrogen-bond donors (Lipinski definition) is 1. The van der Waals surface area contributed by atoms with E-state index in [1.54, 1.807) is 6.92 Å². The molecule has 1 rings (SSSR count). The minimum atomic E-state index is -0.457. The van der Waals surface area contributed by atoms with E-state index in [1.165, 1.54) is 4.90 Å². The van der Waals surface area contributed by atoms with E-state index in [9.17, 15) is 9.59 Å². The van der Waals surface area contributed by atoms with Gasteiger partial charge in [-0.05, 0) is 26.2 Å². The summed E-state index contributed by atoms with van der Waals surface area (Å²) in [6.45, 7) is 2.71. The highest BCUT2D eigenvalue weighted by Gasteiger charge is 2.25. The fraction of sp³-hybridized carbons (Fsp3) is 0.800. The Morgan fingerprint density at radius 1 is 1.60 bits per heavy atom. The topological polar surface area (TPSA) is 72.6 Å². The maximum absolute atomic E-state index is 11.7. The van der Waals surface area contributed by atoms with Crippen LogP contribution < -0.4 is 5.73 Å². The van der Waals surface area contributed by atoms with E-state index in [0.29, 0.717) is 19.6 Å². The van der Waals surface area contributed by atoms with E-state index in [-0.39, 0.29) is 18.4 Å². The van der Waals surface area contributed by atoms with Crippen LogP contribution in [0.3, 0.4) is 0 Å². The summed E-state index contributed by atoms with van der Waals surface area (Å²) in [6, 6.07) is -0.457. The van der Waals surface area contributed by atoms with Gasteiger partial charge >= 0.3 is 5.97 Å². The monoisotopic (exact) mass is 214 g/mol. The fourth-order valence-corrected chi connectivity index (χ4v) is 1.65. The zero-order chi connectivity index (χ0) is 11.3. The SMILES string of the molecule is CCOC(=O)CN1CCCC[C@@H](N)C1=O. The predicted molar refractivity (Wildman–Crippen MR) is 55.0 cm³/mol. The van der Waals surface area contributed by atoms with Crippen molar-refractivity contribution in [2.75, 3.05) is 19.7 Å². The number of ether oxygens (including phenoxy) is 1. The smallest absolute Gasteiger partial charge is 0.325 e. The van der Waals surface area contributed by atoms with E-state index < -0.39 is 6.04 Å². The van der Waals surface area contributed by atoms with Crippen molar-refractivity contribution >= 4 is 11.9 Å². The highest BCUT2D eigenvalue weighted by Crippen LogP contribution is 2.10. The summed E-state index contributed by atoms with van der Waals surface area (Å²) in [6.07, 6.45) is 2.54. The molecular weight excluding hydrogens is 196 g/mol. The summed E-state index contributed by atoms with van der Waals surface area (Å²) >= 11 is 0. The molecule has 1 heterocycles. The highest BCUT2D eigenvalue weighted by molar-refractivity contribution is 5.85. The van der Waals surface area contributed by atoms with Crippen LogP contribution in [0.2, 0.25) is 0 Å². The van der Waals surface area contributed by atoms with Gasteiger partial charge in [0, 0.05) is 6.54 Å². The van der Waals surface area contributed by atoms with Gasteiger partial charge in [-0.15, -0.1) is 0 Å². The highest BCUT2D eigenvalue weighted by atomic mass is 16.5. The quantitative estimate of drug-likeness (QED) is 0.665. The zero-order valence-corrected chi connectivity index (χ0v) is 9.07. The standard InChI is InChI=1S/C10H18N2O3/c1-2-15-9(13)7-12-6-4-3-5-8(11)10(12)14/h8H,2-7,11H2,1H3/t8-/m1/s1. The van der Waals surface area contributed by atoms with Gasteiger partial charge in [-0.1, -0.05) is 0 Å². The molecule has 1 atom stereocenters. The molecule has 0 aromatic rings.